The molecule has 20 heavy (non-hydrogen) atoms. The largest absolute Gasteiger partial charge is 0.391 e. The van der Waals surface area contributed by atoms with E-state index < -0.39 is 10.0 Å². The third-order valence-corrected chi connectivity index (χ3v) is 7.21. The van der Waals surface area contributed by atoms with Crippen LogP contribution >= 0.6 is 11.3 Å². The van der Waals surface area contributed by atoms with Gasteiger partial charge in [0.25, 0.3) is 0 Å². The fraction of sp³-hybridized carbons (Fsp3) is 0.714. The van der Waals surface area contributed by atoms with Gasteiger partial charge in [0.1, 0.15) is 0 Å². The fourth-order valence-electron chi connectivity index (χ4n) is 3.12. The fourth-order valence-corrected chi connectivity index (χ4v) is 5.98. The van der Waals surface area contributed by atoms with Crippen LogP contribution in [-0.2, 0) is 16.6 Å². The average molecular weight is 317 g/mol. The second-order valence-electron chi connectivity index (χ2n) is 5.62. The van der Waals surface area contributed by atoms with Crippen LogP contribution in [0.1, 0.15) is 42.9 Å². The van der Waals surface area contributed by atoms with Gasteiger partial charge >= 0.3 is 0 Å². The third-order valence-electron chi connectivity index (χ3n) is 4.43. The normalized spacial score (nSPS) is 27.1. The van der Waals surface area contributed by atoms with E-state index in [1.54, 1.807) is 13.0 Å². The molecule has 1 aliphatic carbocycles. The van der Waals surface area contributed by atoms with Crippen molar-refractivity contribution in [2.24, 2.45) is 11.8 Å². The van der Waals surface area contributed by atoms with Crippen LogP contribution in [0.25, 0.3) is 0 Å². The van der Waals surface area contributed by atoms with E-state index in [0.717, 1.165) is 24.1 Å². The second-order valence-corrected chi connectivity index (χ2v) is 8.65. The summed E-state index contributed by atoms with van der Waals surface area (Å²) in [6.45, 7) is 5.96. The van der Waals surface area contributed by atoms with Crippen molar-refractivity contribution in [1.82, 2.24) is 4.72 Å². The Labute approximate surface area is 125 Å². The number of sulfonamides is 1. The van der Waals surface area contributed by atoms with E-state index in [2.05, 4.69) is 18.6 Å². The summed E-state index contributed by atoms with van der Waals surface area (Å²) in [6, 6.07) is 1.61. The van der Waals surface area contributed by atoms with Crippen molar-refractivity contribution in [2.45, 2.75) is 57.6 Å². The van der Waals surface area contributed by atoms with Gasteiger partial charge in [0.2, 0.25) is 10.0 Å². The third kappa shape index (κ3) is 3.08. The zero-order valence-electron chi connectivity index (χ0n) is 12.2. The Kier molecular flexibility index (Phi) is 4.89. The molecule has 0 radical (unpaired) electrons. The Hall–Kier alpha value is -0.430. The molecule has 3 unspecified atom stereocenters. The molecule has 0 bridgehead atoms. The molecule has 0 aliphatic heterocycles. The summed E-state index contributed by atoms with van der Waals surface area (Å²) < 4.78 is 27.8. The Morgan fingerprint density at radius 2 is 2.15 bits per heavy atom. The molecule has 6 heteroatoms. The lowest BCUT2D eigenvalue weighted by Gasteiger charge is -2.20. The van der Waals surface area contributed by atoms with Gasteiger partial charge in [-0.3, -0.25) is 0 Å². The summed E-state index contributed by atoms with van der Waals surface area (Å²) in [5.74, 6) is 0.991. The van der Waals surface area contributed by atoms with Gasteiger partial charge in [-0.05, 0) is 37.7 Å². The van der Waals surface area contributed by atoms with E-state index in [4.69, 9.17) is 5.11 Å². The highest BCUT2D eigenvalue weighted by molar-refractivity contribution is 7.89. The first-order valence-electron chi connectivity index (χ1n) is 7.11. The molecule has 1 saturated carbocycles. The molecule has 1 fully saturated rings. The first-order valence-corrected chi connectivity index (χ1v) is 9.41. The summed E-state index contributed by atoms with van der Waals surface area (Å²) in [7, 11) is -3.48. The maximum absolute atomic E-state index is 12.5. The minimum Gasteiger partial charge on any atom is -0.391 e. The molecule has 0 saturated heterocycles. The maximum Gasteiger partial charge on any atom is 0.241 e. The Bertz CT molecular complexity index is 565. The average Bonchev–Trinajstić information content (AvgIpc) is 2.94. The highest BCUT2D eigenvalue weighted by Gasteiger charge is 2.35. The summed E-state index contributed by atoms with van der Waals surface area (Å²) in [5, 5.41) is 9.13. The Morgan fingerprint density at radius 1 is 1.45 bits per heavy atom. The maximum atomic E-state index is 12.5. The molecule has 0 aromatic carbocycles. The lowest BCUT2D eigenvalue weighted by molar-refractivity contribution is 0.285. The van der Waals surface area contributed by atoms with E-state index >= 15 is 0 Å². The van der Waals surface area contributed by atoms with Gasteiger partial charge in [-0.15, -0.1) is 11.3 Å². The number of rotatable bonds is 5. The van der Waals surface area contributed by atoms with E-state index in [-0.39, 0.29) is 12.6 Å². The molecule has 0 amide bonds. The topological polar surface area (TPSA) is 66.4 Å². The number of hydrogen-bond acceptors (Lipinski definition) is 4. The van der Waals surface area contributed by atoms with Crippen molar-refractivity contribution >= 4 is 21.4 Å². The molecule has 2 N–H and O–H groups in total. The molecular formula is C14H23NO3S2. The summed E-state index contributed by atoms with van der Waals surface area (Å²) in [6.07, 6.45) is 3.11. The van der Waals surface area contributed by atoms with E-state index in [9.17, 15) is 8.42 Å². The first kappa shape index (κ1) is 15.9. The zero-order chi connectivity index (χ0) is 14.9. The monoisotopic (exact) mass is 317 g/mol. The van der Waals surface area contributed by atoms with Crippen LogP contribution in [0.4, 0.5) is 0 Å². The van der Waals surface area contributed by atoms with Crippen LogP contribution in [0, 0.1) is 18.8 Å². The smallest absolute Gasteiger partial charge is 0.241 e. The molecule has 114 valence electrons. The molecular weight excluding hydrogens is 294 g/mol. The van der Waals surface area contributed by atoms with E-state index in [0.29, 0.717) is 21.6 Å². The van der Waals surface area contributed by atoms with Gasteiger partial charge in [-0.1, -0.05) is 20.3 Å². The lowest BCUT2D eigenvalue weighted by atomic mass is 9.94. The number of aliphatic hydroxyl groups excluding tert-OH is 1. The van der Waals surface area contributed by atoms with Crippen LogP contribution in [0.5, 0.6) is 0 Å². The van der Waals surface area contributed by atoms with Crippen LogP contribution in [0.2, 0.25) is 0 Å². The molecule has 2 rings (SSSR count). The molecule has 1 aromatic heterocycles. The molecule has 0 spiro atoms. The number of nitrogens with one attached hydrogen (secondary N) is 1. The number of hydrogen-bond donors (Lipinski definition) is 2. The predicted molar refractivity (Wildman–Crippen MR) is 81.3 cm³/mol. The standard InChI is InChI=1S/C14H23NO3S2/c1-4-11-5-6-13(9(11)2)15-20(17,18)14-7-12(8-16)19-10(14)3/h7,9,11,13,15-16H,4-6,8H2,1-3H3. The van der Waals surface area contributed by atoms with Gasteiger partial charge in [-0.2, -0.15) is 0 Å². The molecule has 4 nitrogen and oxygen atoms in total. The Balaban J connectivity index is 2.17. The van der Waals surface area contributed by atoms with Crippen molar-refractivity contribution in [2.75, 3.05) is 0 Å². The quantitative estimate of drug-likeness (QED) is 0.877. The SMILES string of the molecule is CCC1CCC(NS(=O)(=O)c2cc(CO)sc2C)C1C. The van der Waals surface area contributed by atoms with Crippen molar-refractivity contribution in [3.05, 3.63) is 15.8 Å². The van der Waals surface area contributed by atoms with Crippen molar-refractivity contribution in [3.8, 4) is 0 Å². The van der Waals surface area contributed by atoms with Gasteiger partial charge < -0.3 is 5.11 Å². The first-order chi connectivity index (χ1) is 9.39. The highest BCUT2D eigenvalue weighted by atomic mass is 32.2. The molecule has 1 aromatic rings. The van der Waals surface area contributed by atoms with Gasteiger partial charge in [0, 0.05) is 15.8 Å². The minimum atomic E-state index is -3.48. The summed E-state index contributed by atoms with van der Waals surface area (Å²) in [4.78, 5) is 1.74. The number of aryl methyl sites for hydroxylation is 1. The summed E-state index contributed by atoms with van der Waals surface area (Å²) in [5.41, 5.74) is 0. The van der Waals surface area contributed by atoms with Crippen LogP contribution in [0.3, 0.4) is 0 Å². The lowest BCUT2D eigenvalue weighted by Crippen LogP contribution is -2.37. The van der Waals surface area contributed by atoms with E-state index in [1.165, 1.54) is 11.3 Å². The van der Waals surface area contributed by atoms with Crippen LogP contribution in [-0.4, -0.2) is 19.6 Å². The van der Waals surface area contributed by atoms with Crippen molar-refractivity contribution < 1.29 is 13.5 Å². The molecule has 1 aliphatic rings. The molecule has 3 atom stereocenters. The number of thiophene rings is 1. The van der Waals surface area contributed by atoms with Gasteiger partial charge in [0.05, 0.1) is 11.5 Å². The minimum absolute atomic E-state index is 0.0295. The van der Waals surface area contributed by atoms with Crippen LogP contribution in [0.15, 0.2) is 11.0 Å². The second kappa shape index (κ2) is 6.13. The highest BCUT2D eigenvalue weighted by Crippen LogP contribution is 2.35. The van der Waals surface area contributed by atoms with Crippen molar-refractivity contribution in [1.29, 1.82) is 0 Å². The van der Waals surface area contributed by atoms with Gasteiger partial charge in [0.15, 0.2) is 0 Å². The van der Waals surface area contributed by atoms with Gasteiger partial charge in [-0.25, -0.2) is 13.1 Å². The van der Waals surface area contributed by atoms with Crippen molar-refractivity contribution in [3.63, 3.8) is 0 Å². The predicted octanol–water partition coefficient (Wildman–Crippen LogP) is 2.65. The molecule has 1 heterocycles. The number of aliphatic hydroxyl groups is 1. The van der Waals surface area contributed by atoms with E-state index in [1.807, 2.05) is 0 Å². The summed E-state index contributed by atoms with van der Waals surface area (Å²) >= 11 is 1.34. The van der Waals surface area contributed by atoms with Crippen LogP contribution < -0.4 is 4.72 Å². The Morgan fingerprint density at radius 3 is 2.65 bits per heavy atom. The zero-order valence-corrected chi connectivity index (χ0v) is 13.9.